The molecule has 0 unspecified atom stereocenters. The third kappa shape index (κ3) is 3.75. The Hall–Kier alpha value is -2.18. The van der Waals surface area contributed by atoms with E-state index in [1.54, 1.807) is 27.9 Å². The first-order valence-electron chi connectivity index (χ1n) is 7.83. The van der Waals surface area contributed by atoms with Crippen molar-refractivity contribution in [3.05, 3.63) is 68.9 Å². The summed E-state index contributed by atoms with van der Waals surface area (Å²) in [5, 5.41) is 4.29. The number of nitrogens with zero attached hydrogens (tertiary/aromatic N) is 3. The van der Waals surface area contributed by atoms with Crippen LogP contribution in [0, 0.1) is 12.7 Å². The lowest BCUT2D eigenvalue weighted by atomic mass is 10.2. The molecule has 3 aromatic rings. The van der Waals surface area contributed by atoms with Crippen LogP contribution in [0.25, 0.3) is 5.69 Å². The number of hydrogen-bond donors (Lipinski definition) is 0. The Labute approximate surface area is 154 Å². The molecule has 4 nitrogen and oxygen atoms in total. The van der Waals surface area contributed by atoms with Gasteiger partial charge in [0.1, 0.15) is 5.82 Å². The van der Waals surface area contributed by atoms with Gasteiger partial charge < -0.3 is 4.90 Å². The third-order valence-electron chi connectivity index (χ3n) is 3.96. The Morgan fingerprint density at radius 2 is 2.00 bits per heavy atom. The van der Waals surface area contributed by atoms with Crippen molar-refractivity contribution in [3.8, 4) is 5.69 Å². The van der Waals surface area contributed by atoms with Crippen LogP contribution in [0.3, 0.4) is 0 Å². The van der Waals surface area contributed by atoms with Gasteiger partial charge in [0.25, 0.3) is 5.91 Å². The van der Waals surface area contributed by atoms with Crippen molar-refractivity contribution >= 4 is 28.8 Å². The molecular weight excluding hydrogens is 361 g/mol. The molecule has 7 heteroatoms. The standard InChI is InChI=1S/C18H17ClFN3OS/c1-3-22(11-15-8-9-17(19)25-15)18(24)16-10-21-23(12(16)2)14-6-4-13(20)5-7-14/h4-10H,3,11H2,1-2H3. The molecule has 3 rings (SSSR count). The molecule has 130 valence electrons. The Morgan fingerprint density at radius 3 is 2.60 bits per heavy atom. The zero-order chi connectivity index (χ0) is 18.0. The first-order valence-corrected chi connectivity index (χ1v) is 9.03. The highest BCUT2D eigenvalue weighted by Gasteiger charge is 2.21. The van der Waals surface area contributed by atoms with Crippen molar-refractivity contribution in [1.82, 2.24) is 14.7 Å². The molecule has 0 bridgehead atoms. The first-order chi connectivity index (χ1) is 12.0. The fraction of sp³-hybridized carbons (Fsp3) is 0.222. The van der Waals surface area contributed by atoms with Crippen LogP contribution in [0.4, 0.5) is 4.39 Å². The van der Waals surface area contributed by atoms with E-state index in [1.807, 2.05) is 26.0 Å². The molecule has 0 fully saturated rings. The normalized spacial score (nSPS) is 10.9. The van der Waals surface area contributed by atoms with E-state index in [9.17, 15) is 9.18 Å². The topological polar surface area (TPSA) is 38.1 Å². The first kappa shape index (κ1) is 17.6. The van der Waals surface area contributed by atoms with Gasteiger partial charge in [0.15, 0.2) is 0 Å². The fourth-order valence-corrected chi connectivity index (χ4v) is 3.69. The van der Waals surface area contributed by atoms with Gasteiger partial charge in [-0.25, -0.2) is 9.07 Å². The van der Waals surface area contributed by atoms with E-state index in [1.165, 1.54) is 23.5 Å². The number of thiophene rings is 1. The van der Waals surface area contributed by atoms with Gasteiger partial charge >= 0.3 is 0 Å². The monoisotopic (exact) mass is 377 g/mol. The average Bonchev–Trinajstić information content (AvgIpc) is 3.18. The van der Waals surface area contributed by atoms with E-state index < -0.39 is 0 Å². The molecule has 0 saturated heterocycles. The van der Waals surface area contributed by atoms with Crippen molar-refractivity contribution in [3.63, 3.8) is 0 Å². The Balaban J connectivity index is 1.85. The van der Waals surface area contributed by atoms with Crippen LogP contribution >= 0.6 is 22.9 Å². The summed E-state index contributed by atoms with van der Waals surface area (Å²) in [4.78, 5) is 15.7. The quantitative estimate of drug-likeness (QED) is 0.646. The van der Waals surface area contributed by atoms with Gasteiger partial charge in [-0.3, -0.25) is 4.79 Å². The zero-order valence-electron chi connectivity index (χ0n) is 13.9. The van der Waals surface area contributed by atoms with Crippen molar-refractivity contribution in [1.29, 1.82) is 0 Å². The van der Waals surface area contributed by atoms with Crippen LogP contribution in [-0.2, 0) is 6.54 Å². The van der Waals surface area contributed by atoms with Gasteiger partial charge in [-0.1, -0.05) is 11.6 Å². The summed E-state index contributed by atoms with van der Waals surface area (Å²) in [6.45, 7) is 4.86. The number of benzene rings is 1. The molecule has 2 heterocycles. The van der Waals surface area contributed by atoms with E-state index in [-0.39, 0.29) is 11.7 Å². The molecule has 1 amide bonds. The minimum absolute atomic E-state index is 0.0853. The number of rotatable bonds is 5. The molecule has 0 N–H and O–H groups in total. The smallest absolute Gasteiger partial charge is 0.257 e. The lowest BCUT2D eigenvalue weighted by Crippen LogP contribution is -2.30. The molecular formula is C18H17ClFN3OS. The summed E-state index contributed by atoms with van der Waals surface area (Å²) in [6, 6.07) is 9.77. The van der Waals surface area contributed by atoms with Crippen molar-refractivity contribution < 1.29 is 9.18 Å². The highest BCUT2D eigenvalue weighted by atomic mass is 35.5. The maximum atomic E-state index is 13.1. The SMILES string of the molecule is CCN(Cc1ccc(Cl)s1)C(=O)c1cnn(-c2ccc(F)cc2)c1C. The average molecular weight is 378 g/mol. The minimum Gasteiger partial charge on any atom is -0.334 e. The van der Waals surface area contributed by atoms with Gasteiger partial charge in [-0.15, -0.1) is 11.3 Å². The Bertz CT molecular complexity index is 888. The maximum Gasteiger partial charge on any atom is 0.257 e. The van der Waals surface area contributed by atoms with E-state index in [0.717, 1.165) is 10.6 Å². The lowest BCUT2D eigenvalue weighted by molar-refractivity contribution is 0.0753. The Morgan fingerprint density at radius 1 is 1.28 bits per heavy atom. The van der Waals surface area contributed by atoms with Crippen molar-refractivity contribution in [2.45, 2.75) is 20.4 Å². The van der Waals surface area contributed by atoms with Crippen LogP contribution < -0.4 is 0 Å². The number of carbonyl (C=O) groups is 1. The molecule has 0 aliphatic heterocycles. The number of halogens is 2. The summed E-state index contributed by atoms with van der Waals surface area (Å²) in [7, 11) is 0. The predicted molar refractivity (Wildman–Crippen MR) is 98.0 cm³/mol. The number of aromatic nitrogens is 2. The largest absolute Gasteiger partial charge is 0.334 e. The van der Waals surface area contributed by atoms with Crippen LogP contribution in [-0.4, -0.2) is 27.1 Å². The number of carbonyl (C=O) groups excluding carboxylic acids is 1. The highest BCUT2D eigenvalue weighted by molar-refractivity contribution is 7.16. The summed E-state index contributed by atoms with van der Waals surface area (Å²) in [5.74, 6) is -0.394. The van der Waals surface area contributed by atoms with Crippen LogP contribution in [0.5, 0.6) is 0 Å². The van der Waals surface area contributed by atoms with Gasteiger partial charge in [-0.2, -0.15) is 5.10 Å². The lowest BCUT2D eigenvalue weighted by Gasteiger charge is -2.20. The van der Waals surface area contributed by atoms with Crippen molar-refractivity contribution in [2.75, 3.05) is 6.54 Å². The second kappa shape index (κ2) is 7.37. The highest BCUT2D eigenvalue weighted by Crippen LogP contribution is 2.24. The van der Waals surface area contributed by atoms with E-state index in [4.69, 9.17) is 11.6 Å². The van der Waals surface area contributed by atoms with Crippen LogP contribution in [0.1, 0.15) is 27.9 Å². The van der Waals surface area contributed by atoms with E-state index in [2.05, 4.69) is 5.10 Å². The summed E-state index contributed by atoms with van der Waals surface area (Å²) in [6.07, 6.45) is 1.56. The van der Waals surface area contributed by atoms with Gasteiger partial charge in [0, 0.05) is 11.4 Å². The summed E-state index contributed by atoms with van der Waals surface area (Å²) >= 11 is 7.43. The molecule has 0 aliphatic carbocycles. The molecule has 0 atom stereocenters. The number of hydrogen-bond acceptors (Lipinski definition) is 3. The molecule has 0 spiro atoms. The van der Waals surface area contributed by atoms with Gasteiger partial charge in [0.2, 0.25) is 0 Å². The van der Waals surface area contributed by atoms with Gasteiger partial charge in [0.05, 0.1) is 34.0 Å². The molecule has 2 aromatic heterocycles. The number of amides is 1. The minimum atomic E-state index is -0.309. The third-order valence-corrected chi connectivity index (χ3v) is 5.17. The summed E-state index contributed by atoms with van der Waals surface area (Å²) in [5.41, 5.74) is 1.97. The molecule has 1 aromatic carbocycles. The molecule has 25 heavy (non-hydrogen) atoms. The fourth-order valence-electron chi connectivity index (χ4n) is 2.58. The van der Waals surface area contributed by atoms with E-state index in [0.29, 0.717) is 28.7 Å². The van der Waals surface area contributed by atoms with Crippen LogP contribution in [0.2, 0.25) is 4.34 Å². The summed E-state index contributed by atoms with van der Waals surface area (Å²) < 4.78 is 15.4. The van der Waals surface area contributed by atoms with E-state index >= 15 is 0 Å². The zero-order valence-corrected chi connectivity index (χ0v) is 15.4. The molecule has 0 aliphatic rings. The van der Waals surface area contributed by atoms with Gasteiger partial charge in [-0.05, 0) is 50.2 Å². The maximum absolute atomic E-state index is 13.1. The molecule has 0 radical (unpaired) electrons. The Kier molecular flexibility index (Phi) is 5.20. The van der Waals surface area contributed by atoms with Crippen LogP contribution in [0.15, 0.2) is 42.6 Å². The predicted octanol–water partition coefficient (Wildman–Crippen LogP) is 4.70. The molecule has 0 saturated carbocycles. The van der Waals surface area contributed by atoms with Crippen molar-refractivity contribution in [2.24, 2.45) is 0 Å². The second-order valence-electron chi connectivity index (χ2n) is 5.56. The second-order valence-corrected chi connectivity index (χ2v) is 7.36.